The molecular formula is C23H16F2N2O3. The zero-order valence-electron chi connectivity index (χ0n) is 16.1. The second-order valence-electron chi connectivity index (χ2n) is 7.07. The smallest absolute Gasteiger partial charge is 0.266 e. The van der Waals surface area contributed by atoms with Crippen LogP contribution in [-0.2, 0) is 0 Å². The molecule has 0 saturated carbocycles. The average Bonchev–Trinajstić information content (AvgIpc) is 2.96. The number of amides is 3. The molecule has 0 saturated heterocycles. The number of rotatable bonds is 3. The van der Waals surface area contributed by atoms with Gasteiger partial charge >= 0.3 is 0 Å². The van der Waals surface area contributed by atoms with Gasteiger partial charge in [0.25, 0.3) is 17.7 Å². The van der Waals surface area contributed by atoms with Crippen LogP contribution >= 0.6 is 0 Å². The molecule has 4 rings (SSSR count). The SMILES string of the molecule is Cc1ccc(C)c(N2C(=O)c3ccc(C(=O)Nc4cc(F)ccc4F)cc3C2=O)c1. The first kappa shape index (κ1) is 19.4. The molecule has 1 aliphatic heterocycles. The quantitative estimate of drug-likeness (QED) is 0.645. The molecule has 1 aliphatic rings. The summed E-state index contributed by atoms with van der Waals surface area (Å²) in [6.45, 7) is 3.65. The third-order valence-corrected chi connectivity index (χ3v) is 4.93. The number of nitrogens with one attached hydrogen (secondary N) is 1. The van der Waals surface area contributed by atoms with Gasteiger partial charge in [-0.2, -0.15) is 0 Å². The summed E-state index contributed by atoms with van der Waals surface area (Å²) in [6.07, 6.45) is 0. The molecule has 0 spiro atoms. The summed E-state index contributed by atoms with van der Waals surface area (Å²) in [5.41, 5.74) is 2.11. The normalized spacial score (nSPS) is 12.9. The largest absolute Gasteiger partial charge is 0.319 e. The van der Waals surface area contributed by atoms with E-state index < -0.39 is 29.4 Å². The minimum absolute atomic E-state index is 0.0429. The van der Waals surface area contributed by atoms with Crippen LogP contribution in [-0.4, -0.2) is 17.7 Å². The number of fused-ring (bicyclic) bond motifs is 1. The summed E-state index contributed by atoms with van der Waals surface area (Å²) < 4.78 is 27.1. The highest BCUT2D eigenvalue weighted by Gasteiger charge is 2.37. The Bertz CT molecular complexity index is 1240. The zero-order valence-corrected chi connectivity index (χ0v) is 16.1. The Labute approximate surface area is 170 Å². The summed E-state index contributed by atoms with van der Waals surface area (Å²) >= 11 is 0. The Kier molecular flexibility index (Phi) is 4.66. The Morgan fingerprint density at radius 2 is 1.60 bits per heavy atom. The summed E-state index contributed by atoms with van der Waals surface area (Å²) in [6, 6.07) is 12.2. The van der Waals surface area contributed by atoms with Crippen molar-refractivity contribution in [3.8, 4) is 0 Å². The maximum atomic E-state index is 13.8. The van der Waals surface area contributed by atoms with Crippen molar-refractivity contribution in [2.75, 3.05) is 10.2 Å². The van der Waals surface area contributed by atoms with Gasteiger partial charge in [-0.3, -0.25) is 14.4 Å². The van der Waals surface area contributed by atoms with E-state index in [0.29, 0.717) is 5.69 Å². The van der Waals surface area contributed by atoms with E-state index in [2.05, 4.69) is 5.32 Å². The average molecular weight is 406 g/mol. The van der Waals surface area contributed by atoms with E-state index in [1.54, 1.807) is 13.0 Å². The van der Waals surface area contributed by atoms with E-state index >= 15 is 0 Å². The molecule has 3 aromatic carbocycles. The van der Waals surface area contributed by atoms with Crippen LogP contribution < -0.4 is 10.2 Å². The van der Waals surface area contributed by atoms with Crippen LogP contribution in [0.2, 0.25) is 0 Å². The van der Waals surface area contributed by atoms with E-state index in [1.165, 1.54) is 18.2 Å². The van der Waals surface area contributed by atoms with E-state index in [1.807, 2.05) is 19.1 Å². The van der Waals surface area contributed by atoms with Crippen molar-refractivity contribution in [3.05, 3.63) is 94.0 Å². The molecule has 7 heteroatoms. The molecule has 0 fully saturated rings. The van der Waals surface area contributed by atoms with Crippen LogP contribution in [0.25, 0.3) is 0 Å². The fourth-order valence-electron chi connectivity index (χ4n) is 3.35. The summed E-state index contributed by atoms with van der Waals surface area (Å²) in [7, 11) is 0. The Morgan fingerprint density at radius 1 is 0.867 bits per heavy atom. The van der Waals surface area contributed by atoms with Gasteiger partial charge in [-0.1, -0.05) is 12.1 Å². The molecule has 30 heavy (non-hydrogen) atoms. The molecule has 1 N–H and O–H groups in total. The lowest BCUT2D eigenvalue weighted by atomic mass is 10.1. The van der Waals surface area contributed by atoms with Crippen molar-refractivity contribution in [2.45, 2.75) is 13.8 Å². The van der Waals surface area contributed by atoms with Gasteiger partial charge in [0.15, 0.2) is 0 Å². The molecule has 0 aromatic heterocycles. The molecule has 0 unspecified atom stereocenters. The van der Waals surface area contributed by atoms with E-state index in [-0.39, 0.29) is 22.4 Å². The van der Waals surface area contributed by atoms with Crippen molar-refractivity contribution >= 4 is 29.1 Å². The first-order chi connectivity index (χ1) is 14.3. The number of nitrogens with zero attached hydrogens (tertiary/aromatic N) is 1. The first-order valence-electron chi connectivity index (χ1n) is 9.13. The lowest BCUT2D eigenvalue weighted by Crippen LogP contribution is -2.30. The second kappa shape index (κ2) is 7.18. The number of carbonyl (C=O) groups excluding carboxylic acids is 3. The molecule has 5 nitrogen and oxygen atoms in total. The van der Waals surface area contributed by atoms with E-state index in [9.17, 15) is 23.2 Å². The molecule has 1 heterocycles. The number of hydrogen-bond acceptors (Lipinski definition) is 3. The van der Waals surface area contributed by atoms with Gasteiger partial charge in [-0.25, -0.2) is 13.7 Å². The minimum atomic E-state index is -0.793. The van der Waals surface area contributed by atoms with Gasteiger partial charge in [0.05, 0.1) is 22.5 Å². The highest BCUT2D eigenvalue weighted by Crippen LogP contribution is 2.32. The van der Waals surface area contributed by atoms with Gasteiger partial charge in [0.2, 0.25) is 0 Å². The number of hydrogen-bond donors (Lipinski definition) is 1. The highest BCUT2D eigenvalue weighted by molar-refractivity contribution is 6.35. The summed E-state index contributed by atoms with van der Waals surface area (Å²) in [5, 5.41) is 2.28. The third-order valence-electron chi connectivity index (χ3n) is 4.93. The standard InChI is InChI=1S/C23H16F2N2O3/c1-12-3-4-13(2)20(9-12)27-22(29)16-7-5-14(10-17(16)23(27)30)21(28)26-19-11-15(24)6-8-18(19)25/h3-11H,1-2H3,(H,26,28). The van der Waals surface area contributed by atoms with Gasteiger partial charge in [0.1, 0.15) is 11.6 Å². The lowest BCUT2D eigenvalue weighted by Gasteiger charge is -2.17. The van der Waals surface area contributed by atoms with Crippen molar-refractivity contribution in [1.82, 2.24) is 0 Å². The number of aryl methyl sites for hydroxylation is 2. The summed E-state index contributed by atoms with van der Waals surface area (Å²) in [4.78, 5) is 39.4. The van der Waals surface area contributed by atoms with E-state index in [4.69, 9.17) is 0 Å². The molecule has 0 bridgehead atoms. The molecule has 0 atom stereocenters. The fourth-order valence-corrected chi connectivity index (χ4v) is 3.35. The van der Waals surface area contributed by atoms with Crippen LogP contribution in [0, 0.1) is 25.5 Å². The monoisotopic (exact) mass is 406 g/mol. The van der Waals surface area contributed by atoms with Gasteiger partial charge in [-0.15, -0.1) is 0 Å². The second-order valence-corrected chi connectivity index (χ2v) is 7.07. The van der Waals surface area contributed by atoms with Crippen LogP contribution in [0.15, 0.2) is 54.6 Å². The Morgan fingerprint density at radius 3 is 2.37 bits per heavy atom. The topological polar surface area (TPSA) is 66.5 Å². The Balaban J connectivity index is 1.67. The fraction of sp³-hybridized carbons (Fsp3) is 0.0870. The highest BCUT2D eigenvalue weighted by atomic mass is 19.1. The van der Waals surface area contributed by atoms with Crippen molar-refractivity contribution in [2.24, 2.45) is 0 Å². The number of anilines is 2. The first-order valence-corrected chi connectivity index (χ1v) is 9.13. The van der Waals surface area contributed by atoms with Gasteiger partial charge in [-0.05, 0) is 61.4 Å². The molecule has 0 radical (unpaired) electrons. The number of halogens is 2. The number of carbonyl (C=O) groups is 3. The molecular weight excluding hydrogens is 390 g/mol. The molecule has 3 amide bonds. The van der Waals surface area contributed by atoms with Crippen molar-refractivity contribution in [3.63, 3.8) is 0 Å². The minimum Gasteiger partial charge on any atom is -0.319 e. The maximum Gasteiger partial charge on any atom is 0.266 e. The van der Waals surface area contributed by atoms with E-state index in [0.717, 1.165) is 34.2 Å². The predicted molar refractivity (Wildman–Crippen MR) is 108 cm³/mol. The molecule has 3 aromatic rings. The number of benzene rings is 3. The zero-order chi connectivity index (χ0) is 21.6. The third kappa shape index (κ3) is 3.24. The van der Waals surface area contributed by atoms with Crippen LogP contribution in [0.5, 0.6) is 0 Å². The Hall–Kier alpha value is -3.87. The molecule has 0 aliphatic carbocycles. The molecule has 150 valence electrons. The van der Waals surface area contributed by atoms with Crippen molar-refractivity contribution < 1.29 is 23.2 Å². The maximum absolute atomic E-state index is 13.8. The van der Waals surface area contributed by atoms with Crippen molar-refractivity contribution in [1.29, 1.82) is 0 Å². The van der Waals surface area contributed by atoms with Crippen LogP contribution in [0.4, 0.5) is 20.2 Å². The lowest BCUT2D eigenvalue weighted by molar-refractivity contribution is 0.0925. The van der Waals surface area contributed by atoms with Crippen LogP contribution in [0.1, 0.15) is 42.2 Å². The van der Waals surface area contributed by atoms with Crippen LogP contribution in [0.3, 0.4) is 0 Å². The van der Waals surface area contributed by atoms with Gasteiger partial charge < -0.3 is 5.32 Å². The predicted octanol–water partition coefficient (Wildman–Crippen LogP) is 4.63. The summed E-state index contributed by atoms with van der Waals surface area (Å²) in [5.74, 6) is -3.25. The van der Waals surface area contributed by atoms with Gasteiger partial charge in [0, 0.05) is 11.6 Å². The number of imide groups is 1.